The van der Waals surface area contributed by atoms with E-state index in [0.29, 0.717) is 11.7 Å². The molecule has 0 aliphatic heterocycles. The van der Waals surface area contributed by atoms with Gasteiger partial charge in [-0.25, -0.2) is 4.98 Å². The van der Waals surface area contributed by atoms with E-state index < -0.39 is 0 Å². The first kappa shape index (κ1) is 16.1. The zero-order chi connectivity index (χ0) is 17.9. The number of nitrogens with zero attached hydrogens (tertiary/aromatic N) is 6. The lowest BCUT2D eigenvalue weighted by atomic mass is 9.96. The molecule has 26 heavy (non-hydrogen) atoms. The SMILES string of the molecule is CC(C)C(c1ccccc1)n1cnc(-c2cc(-c3nn[nH]n3)ccn2)c1. The van der Waals surface area contributed by atoms with Crippen molar-refractivity contribution in [2.45, 2.75) is 19.9 Å². The van der Waals surface area contributed by atoms with Crippen LogP contribution in [0.1, 0.15) is 25.5 Å². The molecule has 0 saturated heterocycles. The average Bonchev–Trinajstić information content (AvgIpc) is 3.35. The normalized spacial score (nSPS) is 12.4. The Kier molecular flexibility index (Phi) is 4.27. The smallest absolute Gasteiger partial charge is 0.204 e. The molecule has 1 atom stereocenters. The van der Waals surface area contributed by atoms with E-state index in [0.717, 1.165) is 17.0 Å². The second-order valence-electron chi connectivity index (χ2n) is 6.47. The molecule has 0 bridgehead atoms. The Morgan fingerprint density at radius 3 is 2.58 bits per heavy atom. The van der Waals surface area contributed by atoms with Gasteiger partial charge in [0.1, 0.15) is 5.69 Å². The lowest BCUT2D eigenvalue weighted by Crippen LogP contribution is -2.15. The van der Waals surface area contributed by atoms with Crippen LogP contribution in [-0.2, 0) is 0 Å². The summed E-state index contributed by atoms with van der Waals surface area (Å²) in [6.45, 7) is 4.43. The van der Waals surface area contributed by atoms with E-state index in [1.807, 2.05) is 30.7 Å². The molecule has 1 unspecified atom stereocenters. The highest BCUT2D eigenvalue weighted by atomic mass is 15.5. The third-order valence-corrected chi connectivity index (χ3v) is 4.32. The van der Waals surface area contributed by atoms with Crippen LogP contribution >= 0.6 is 0 Å². The average molecular weight is 345 g/mol. The molecule has 4 aromatic rings. The van der Waals surface area contributed by atoms with E-state index in [4.69, 9.17) is 0 Å². The number of rotatable bonds is 5. The Morgan fingerprint density at radius 1 is 1.00 bits per heavy atom. The van der Waals surface area contributed by atoms with Gasteiger partial charge < -0.3 is 4.57 Å². The summed E-state index contributed by atoms with van der Waals surface area (Å²) in [5, 5.41) is 14.1. The summed E-state index contributed by atoms with van der Waals surface area (Å²) in [6.07, 6.45) is 5.65. The third-order valence-electron chi connectivity index (χ3n) is 4.32. The molecule has 3 heterocycles. The van der Waals surface area contributed by atoms with E-state index in [1.165, 1.54) is 5.56 Å². The molecule has 0 spiro atoms. The molecule has 130 valence electrons. The molecule has 0 aliphatic rings. The van der Waals surface area contributed by atoms with Crippen molar-refractivity contribution in [3.8, 4) is 22.8 Å². The van der Waals surface area contributed by atoms with Crippen LogP contribution in [0.2, 0.25) is 0 Å². The molecule has 7 heteroatoms. The maximum absolute atomic E-state index is 4.57. The van der Waals surface area contributed by atoms with E-state index in [9.17, 15) is 0 Å². The number of imidazole rings is 1. The number of hydrogen-bond donors (Lipinski definition) is 1. The van der Waals surface area contributed by atoms with Gasteiger partial charge in [-0.1, -0.05) is 44.2 Å². The van der Waals surface area contributed by atoms with Crippen LogP contribution in [-0.4, -0.2) is 35.2 Å². The van der Waals surface area contributed by atoms with Crippen LogP contribution in [0.4, 0.5) is 0 Å². The summed E-state index contributed by atoms with van der Waals surface area (Å²) in [5.41, 5.74) is 3.71. The van der Waals surface area contributed by atoms with Crippen molar-refractivity contribution in [1.29, 1.82) is 0 Å². The van der Waals surface area contributed by atoms with Gasteiger partial charge in [0, 0.05) is 18.0 Å². The van der Waals surface area contributed by atoms with Crippen molar-refractivity contribution in [2.75, 3.05) is 0 Å². The zero-order valence-corrected chi connectivity index (χ0v) is 14.6. The summed E-state index contributed by atoms with van der Waals surface area (Å²) in [7, 11) is 0. The topological polar surface area (TPSA) is 85.2 Å². The zero-order valence-electron chi connectivity index (χ0n) is 14.6. The van der Waals surface area contributed by atoms with Crippen molar-refractivity contribution in [3.05, 3.63) is 66.7 Å². The van der Waals surface area contributed by atoms with Gasteiger partial charge in [-0.2, -0.15) is 5.21 Å². The fourth-order valence-electron chi connectivity index (χ4n) is 3.17. The number of nitrogens with one attached hydrogen (secondary N) is 1. The summed E-state index contributed by atoms with van der Waals surface area (Å²) < 4.78 is 2.15. The second-order valence-corrected chi connectivity index (χ2v) is 6.47. The lowest BCUT2D eigenvalue weighted by Gasteiger charge is -2.22. The number of tetrazole rings is 1. The molecule has 4 rings (SSSR count). The minimum Gasteiger partial charge on any atom is -0.329 e. The standard InChI is InChI=1S/C19H19N7/c1-13(2)18(14-6-4-3-5-7-14)26-11-17(21-12-26)16-10-15(8-9-20-16)19-22-24-25-23-19/h3-13,18H,1-2H3,(H,22,23,24,25). The number of aromatic amines is 1. The van der Waals surface area contributed by atoms with E-state index in [1.54, 1.807) is 6.20 Å². The quantitative estimate of drug-likeness (QED) is 0.599. The highest BCUT2D eigenvalue weighted by Crippen LogP contribution is 2.28. The summed E-state index contributed by atoms with van der Waals surface area (Å²) in [4.78, 5) is 9.02. The Morgan fingerprint density at radius 2 is 1.85 bits per heavy atom. The molecule has 0 fully saturated rings. The van der Waals surface area contributed by atoms with Crippen LogP contribution in [0.5, 0.6) is 0 Å². The first-order chi connectivity index (χ1) is 12.7. The Labute approximate surface area is 151 Å². The molecule has 0 aliphatic carbocycles. The first-order valence-corrected chi connectivity index (χ1v) is 8.51. The third kappa shape index (κ3) is 3.11. The fraction of sp³-hybridized carbons (Fsp3) is 0.211. The molecule has 0 radical (unpaired) electrons. The van der Waals surface area contributed by atoms with Crippen molar-refractivity contribution in [3.63, 3.8) is 0 Å². The van der Waals surface area contributed by atoms with Crippen LogP contribution in [0.25, 0.3) is 22.8 Å². The van der Waals surface area contributed by atoms with Gasteiger partial charge >= 0.3 is 0 Å². The van der Waals surface area contributed by atoms with Gasteiger partial charge in [-0.05, 0) is 28.8 Å². The highest BCUT2D eigenvalue weighted by molar-refractivity contribution is 5.63. The number of H-pyrrole nitrogens is 1. The second kappa shape index (κ2) is 6.87. The van der Waals surface area contributed by atoms with Crippen LogP contribution in [0.3, 0.4) is 0 Å². The lowest BCUT2D eigenvalue weighted by molar-refractivity contribution is 0.436. The predicted molar refractivity (Wildman–Crippen MR) is 98.0 cm³/mol. The van der Waals surface area contributed by atoms with Crippen molar-refractivity contribution in [1.82, 2.24) is 35.2 Å². The molecular weight excluding hydrogens is 326 g/mol. The Bertz CT molecular complexity index is 974. The molecule has 3 aromatic heterocycles. The van der Waals surface area contributed by atoms with Gasteiger partial charge in [-0.15, -0.1) is 10.2 Å². The monoisotopic (exact) mass is 345 g/mol. The number of hydrogen-bond acceptors (Lipinski definition) is 5. The Balaban J connectivity index is 1.69. The highest BCUT2D eigenvalue weighted by Gasteiger charge is 2.18. The fourth-order valence-corrected chi connectivity index (χ4v) is 3.17. The number of benzene rings is 1. The molecule has 1 aromatic carbocycles. The van der Waals surface area contributed by atoms with Crippen LogP contribution < -0.4 is 0 Å². The van der Waals surface area contributed by atoms with Gasteiger partial charge in [0.25, 0.3) is 0 Å². The molecular formula is C19H19N7. The van der Waals surface area contributed by atoms with E-state index in [-0.39, 0.29) is 6.04 Å². The minimum atomic E-state index is 0.220. The maximum atomic E-state index is 4.57. The summed E-state index contributed by atoms with van der Waals surface area (Å²) in [6, 6.07) is 14.5. The van der Waals surface area contributed by atoms with Gasteiger partial charge in [0.05, 0.1) is 18.1 Å². The largest absolute Gasteiger partial charge is 0.329 e. The first-order valence-electron chi connectivity index (χ1n) is 8.51. The number of aromatic nitrogens is 7. The molecule has 7 nitrogen and oxygen atoms in total. The maximum Gasteiger partial charge on any atom is 0.204 e. The van der Waals surface area contributed by atoms with Gasteiger partial charge in [0.2, 0.25) is 5.82 Å². The predicted octanol–water partition coefficient (Wildman–Crippen LogP) is 3.37. The van der Waals surface area contributed by atoms with Crippen LogP contribution in [0, 0.1) is 5.92 Å². The van der Waals surface area contributed by atoms with E-state index >= 15 is 0 Å². The molecule has 0 saturated carbocycles. The van der Waals surface area contributed by atoms with E-state index in [2.05, 4.69) is 73.3 Å². The molecule has 0 amide bonds. The van der Waals surface area contributed by atoms with Crippen molar-refractivity contribution in [2.24, 2.45) is 5.92 Å². The summed E-state index contributed by atoms with van der Waals surface area (Å²) >= 11 is 0. The number of pyridine rings is 1. The van der Waals surface area contributed by atoms with Crippen molar-refractivity contribution < 1.29 is 0 Å². The van der Waals surface area contributed by atoms with Crippen LogP contribution in [0.15, 0.2) is 61.2 Å². The molecule has 1 N–H and O–H groups in total. The summed E-state index contributed by atoms with van der Waals surface area (Å²) in [5.74, 6) is 0.968. The Hall–Kier alpha value is -3.35. The van der Waals surface area contributed by atoms with Crippen molar-refractivity contribution >= 4 is 0 Å². The minimum absolute atomic E-state index is 0.220. The van der Waals surface area contributed by atoms with Gasteiger partial charge in [-0.3, -0.25) is 4.98 Å². The van der Waals surface area contributed by atoms with Gasteiger partial charge in [0.15, 0.2) is 0 Å².